The third kappa shape index (κ3) is 4.12. The Labute approximate surface area is 99.7 Å². The molecule has 1 unspecified atom stereocenters. The largest absolute Gasteiger partial charge is 0.462 e. The van der Waals surface area contributed by atoms with Gasteiger partial charge in [-0.3, -0.25) is 4.79 Å². The van der Waals surface area contributed by atoms with E-state index in [0.29, 0.717) is 12.5 Å². The van der Waals surface area contributed by atoms with Crippen LogP contribution in [0.4, 0.5) is 0 Å². The maximum atomic E-state index is 12.0. The maximum absolute atomic E-state index is 12.0. The second-order valence-corrected chi connectivity index (χ2v) is 5.04. The minimum Gasteiger partial charge on any atom is -0.462 e. The van der Waals surface area contributed by atoms with Crippen molar-refractivity contribution in [3.05, 3.63) is 0 Å². The van der Waals surface area contributed by atoms with E-state index in [9.17, 15) is 4.79 Å². The van der Waals surface area contributed by atoms with E-state index < -0.39 is 5.41 Å². The molecule has 0 aromatic rings. The lowest BCUT2D eigenvalue weighted by atomic mass is 9.82. The first-order valence-electron chi connectivity index (χ1n) is 6.33. The predicted molar refractivity (Wildman–Crippen MR) is 67.1 cm³/mol. The van der Waals surface area contributed by atoms with E-state index in [-0.39, 0.29) is 12.1 Å². The molecule has 0 heterocycles. The lowest BCUT2D eigenvalue weighted by molar-refractivity contribution is -0.161. The zero-order chi connectivity index (χ0) is 12.8. The summed E-state index contributed by atoms with van der Waals surface area (Å²) in [5.41, 5.74) is 5.22. The van der Waals surface area contributed by atoms with Gasteiger partial charge in [-0.2, -0.15) is 0 Å². The molecule has 0 aliphatic heterocycles. The number of esters is 1. The highest BCUT2D eigenvalue weighted by Crippen LogP contribution is 2.27. The predicted octanol–water partition coefficient (Wildman–Crippen LogP) is 2.73. The van der Waals surface area contributed by atoms with Gasteiger partial charge in [-0.25, -0.2) is 0 Å². The van der Waals surface area contributed by atoms with Gasteiger partial charge in [0.25, 0.3) is 0 Å². The van der Waals surface area contributed by atoms with Crippen LogP contribution in [0.25, 0.3) is 0 Å². The summed E-state index contributed by atoms with van der Waals surface area (Å²) in [6.07, 6.45) is 2.37. The molecule has 16 heavy (non-hydrogen) atoms. The van der Waals surface area contributed by atoms with Crippen LogP contribution in [0.3, 0.4) is 0 Å². The number of nitrogens with two attached hydrogens (primary N) is 1. The maximum Gasteiger partial charge on any atom is 0.313 e. The molecule has 2 N–H and O–H groups in total. The molecular weight excluding hydrogens is 202 g/mol. The van der Waals surface area contributed by atoms with Crippen LogP contribution in [-0.4, -0.2) is 18.6 Å². The van der Waals surface area contributed by atoms with E-state index in [4.69, 9.17) is 10.5 Å². The standard InChI is InChI=1S/C13H27NO2/c1-6-13(7-2,9-14)12(15)16-11(5)8-10(3)4/h10-11H,6-9,14H2,1-5H3. The molecule has 0 rings (SSSR count). The van der Waals surface area contributed by atoms with Crippen LogP contribution >= 0.6 is 0 Å². The van der Waals surface area contributed by atoms with Crippen molar-refractivity contribution in [2.45, 2.75) is 60.0 Å². The molecule has 0 amide bonds. The highest BCUT2D eigenvalue weighted by atomic mass is 16.5. The molecule has 0 spiro atoms. The van der Waals surface area contributed by atoms with E-state index in [1.54, 1.807) is 0 Å². The molecule has 0 saturated heterocycles. The summed E-state index contributed by atoms with van der Waals surface area (Å²) >= 11 is 0. The van der Waals surface area contributed by atoms with E-state index in [0.717, 1.165) is 19.3 Å². The summed E-state index contributed by atoms with van der Waals surface area (Å²) < 4.78 is 5.48. The minimum absolute atomic E-state index is 0.0171. The highest BCUT2D eigenvalue weighted by molar-refractivity contribution is 5.77. The van der Waals surface area contributed by atoms with Gasteiger partial charge >= 0.3 is 5.97 Å². The summed E-state index contributed by atoms with van der Waals surface area (Å²) in [4.78, 5) is 12.0. The Hall–Kier alpha value is -0.570. The third-order valence-electron chi connectivity index (χ3n) is 3.29. The van der Waals surface area contributed by atoms with Crippen molar-refractivity contribution in [1.29, 1.82) is 0 Å². The van der Waals surface area contributed by atoms with Crippen molar-refractivity contribution in [2.24, 2.45) is 17.1 Å². The van der Waals surface area contributed by atoms with E-state index >= 15 is 0 Å². The molecule has 3 nitrogen and oxygen atoms in total. The normalized spacial score (nSPS) is 13.9. The topological polar surface area (TPSA) is 52.3 Å². The Kier molecular flexibility index (Phi) is 6.65. The van der Waals surface area contributed by atoms with Gasteiger partial charge in [0, 0.05) is 6.54 Å². The number of carbonyl (C=O) groups is 1. The van der Waals surface area contributed by atoms with Gasteiger partial charge in [0.05, 0.1) is 11.5 Å². The molecule has 0 aliphatic rings. The first-order valence-corrected chi connectivity index (χ1v) is 6.33. The third-order valence-corrected chi connectivity index (χ3v) is 3.29. The average Bonchev–Trinajstić information content (AvgIpc) is 2.19. The van der Waals surface area contributed by atoms with Gasteiger partial charge in [0.1, 0.15) is 0 Å². The summed E-state index contributed by atoms with van der Waals surface area (Å²) in [7, 11) is 0. The van der Waals surface area contributed by atoms with Crippen molar-refractivity contribution < 1.29 is 9.53 Å². The quantitative estimate of drug-likeness (QED) is 0.683. The number of rotatable bonds is 7. The lowest BCUT2D eigenvalue weighted by Gasteiger charge is -2.29. The number of carbonyl (C=O) groups excluding carboxylic acids is 1. The Morgan fingerprint density at radius 1 is 1.25 bits per heavy atom. The highest BCUT2D eigenvalue weighted by Gasteiger charge is 2.35. The van der Waals surface area contributed by atoms with Crippen molar-refractivity contribution >= 4 is 5.97 Å². The SMILES string of the molecule is CCC(CC)(CN)C(=O)OC(C)CC(C)C. The Morgan fingerprint density at radius 3 is 2.06 bits per heavy atom. The van der Waals surface area contributed by atoms with Crippen molar-refractivity contribution in [3.8, 4) is 0 Å². The number of hydrogen-bond acceptors (Lipinski definition) is 3. The summed E-state index contributed by atoms with van der Waals surface area (Å²) in [6, 6.07) is 0. The van der Waals surface area contributed by atoms with Crippen LogP contribution in [0.2, 0.25) is 0 Å². The van der Waals surface area contributed by atoms with Gasteiger partial charge in [0.15, 0.2) is 0 Å². The second-order valence-electron chi connectivity index (χ2n) is 5.04. The zero-order valence-corrected chi connectivity index (χ0v) is 11.4. The van der Waals surface area contributed by atoms with E-state index in [1.165, 1.54) is 0 Å². The minimum atomic E-state index is -0.481. The van der Waals surface area contributed by atoms with Gasteiger partial charge in [0.2, 0.25) is 0 Å². The Balaban J connectivity index is 4.42. The first-order chi connectivity index (χ1) is 7.41. The molecule has 0 aromatic carbocycles. The van der Waals surface area contributed by atoms with Gasteiger partial charge < -0.3 is 10.5 Å². The van der Waals surface area contributed by atoms with Crippen LogP contribution < -0.4 is 5.73 Å². The van der Waals surface area contributed by atoms with E-state index in [1.807, 2.05) is 20.8 Å². The molecule has 1 atom stereocenters. The molecule has 0 fully saturated rings. The fourth-order valence-electron chi connectivity index (χ4n) is 1.93. The van der Waals surface area contributed by atoms with Crippen molar-refractivity contribution in [2.75, 3.05) is 6.54 Å². The fourth-order valence-corrected chi connectivity index (χ4v) is 1.93. The van der Waals surface area contributed by atoms with Crippen molar-refractivity contribution in [1.82, 2.24) is 0 Å². The zero-order valence-electron chi connectivity index (χ0n) is 11.4. The molecule has 0 aromatic heterocycles. The molecular formula is C13H27NO2. The second kappa shape index (κ2) is 6.89. The smallest absolute Gasteiger partial charge is 0.313 e. The van der Waals surface area contributed by atoms with Crippen LogP contribution in [0.1, 0.15) is 53.9 Å². The van der Waals surface area contributed by atoms with Crippen LogP contribution in [0, 0.1) is 11.3 Å². The van der Waals surface area contributed by atoms with Gasteiger partial charge in [-0.15, -0.1) is 0 Å². The molecule has 0 radical (unpaired) electrons. The average molecular weight is 229 g/mol. The monoisotopic (exact) mass is 229 g/mol. The Morgan fingerprint density at radius 2 is 1.75 bits per heavy atom. The summed E-state index contributed by atoms with van der Waals surface area (Å²) in [5.74, 6) is 0.409. The number of hydrogen-bond donors (Lipinski definition) is 1. The Bertz CT molecular complexity index is 202. The van der Waals surface area contributed by atoms with Crippen molar-refractivity contribution in [3.63, 3.8) is 0 Å². The van der Waals surface area contributed by atoms with Crippen LogP contribution in [0.15, 0.2) is 0 Å². The fraction of sp³-hybridized carbons (Fsp3) is 0.923. The summed E-state index contributed by atoms with van der Waals surface area (Å²) in [6.45, 7) is 10.5. The molecule has 0 saturated carbocycles. The summed E-state index contributed by atoms with van der Waals surface area (Å²) in [5, 5.41) is 0. The van der Waals surface area contributed by atoms with Gasteiger partial charge in [-0.05, 0) is 32.1 Å². The van der Waals surface area contributed by atoms with E-state index in [2.05, 4.69) is 13.8 Å². The molecule has 96 valence electrons. The first kappa shape index (κ1) is 15.4. The lowest BCUT2D eigenvalue weighted by Crippen LogP contribution is -2.40. The molecule has 0 aliphatic carbocycles. The van der Waals surface area contributed by atoms with Crippen LogP contribution in [-0.2, 0) is 9.53 Å². The number of ether oxygens (including phenoxy) is 1. The van der Waals surface area contributed by atoms with Gasteiger partial charge in [-0.1, -0.05) is 27.7 Å². The van der Waals surface area contributed by atoms with Crippen LogP contribution in [0.5, 0.6) is 0 Å². The molecule has 0 bridgehead atoms. The molecule has 3 heteroatoms.